The van der Waals surface area contributed by atoms with Crippen molar-refractivity contribution in [2.75, 3.05) is 12.4 Å². The van der Waals surface area contributed by atoms with E-state index in [2.05, 4.69) is 42.7 Å². The molecule has 0 aromatic heterocycles. The van der Waals surface area contributed by atoms with Crippen LogP contribution in [-0.4, -0.2) is 18.5 Å². The van der Waals surface area contributed by atoms with Crippen molar-refractivity contribution in [3.05, 3.63) is 29.3 Å². The highest BCUT2D eigenvalue weighted by molar-refractivity contribution is 5.93. The first-order chi connectivity index (χ1) is 8.93. The van der Waals surface area contributed by atoms with E-state index < -0.39 is 0 Å². The average molecular weight is 262 g/mol. The van der Waals surface area contributed by atoms with Crippen LogP contribution in [0.25, 0.3) is 0 Å². The molecule has 1 amide bonds. The van der Waals surface area contributed by atoms with Crippen LogP contribution in [0.1, 0.15) is 45.2 Å². The molecule has 3 heteroatoms. The molecule has 0 saturated carbocycles. The second-order valence-corrected chi connectivity index (χ2v) is 5.52. The molecule has 1 aromatic rings. The van der Waals surface area contributed by atoms with E-state index >= 15 is 0 Å². The molecule has 0 aliphatic heterocycles. The van der Waals surface area contributed by atoms with E-state index in [-0.39, 0.29) is 11.4 Å². The Labute approximate surface area is 116 Å². The molecule has 0 heterocycles. The Balaban J connectivity index is 2.89. The van der Waals surface area contributed by atoms with E-state index in [1.54, 1.807) is 0 Å². The zero-order chi connectivity index (χ0) is 14.5. The topological polar surface area (TPSA) is 41.1 Å². The summed E-state index contributed by atoms with van der Waals surface area (Å²) >= 11 is 0. The van der Waals surface area contributed by atoms with Gasteiger partial charge >= 0.3 is 0 Å². The molecule has 0 unspecified atom stereocenters. The number of para-hydroxylation sites is 1. The van der Waals surface area contributed by atoms with Crippen LogP contribution >= 0.6 is 0 Å². The average Bonchev–Trinajstić information content (AvgIpc) is 2.38. The summed E-state index contributed by atoms with van der Waals surface area (Å²) in [6, 6.07) is 6.22. The van der Waals surface area contributed by atoms with Gasteiger partial charge in [-0.3, -0.25) is 4.79 Å². The SMILES string of the molecule is CCc1cccc(CC)c1NC(=O)CC(C)(C)NC. The van der Waals surface area contributed by atoms with Gasteiger partial charge in [-0.1, -0.05) is 32.0 Å². The van der Waals surface area contributed by atoms with Crippen LogP contribution in [0.2, 0.25) is 0 Å². The van der Waals surface area contributed by atoms with Gasteiger partial charge in [0.15, 0.2) is 0 Å². The molecular formula is C16H26N2O. The molecule has 0 aliphatic rings. The summed E-state index contributed by atoms with van der Waals surface area (Å²) < 4.78 is 0. The molecule has 0 fully saturated rings. The maximum atomic E-state index is 12.2. The Bertz CT molecular complexity index is 416. The van der Waals surface area contributed by atoms with Gasteiger partial charge in [0.25, 0.3) is 0 Å². The minimum atomic E-state index is -0.183. The van der Waals surface area contributed by atoms with Crippen LogP contribution in [0.4, 0.5) is 5.69 Å². The van der Waals surface area contributed by atoms with E-state index in [9.17, 15) is 4.79 Å². The molecular weight excluding hydrogens is 236 g/mol. The van der Waals surface area contributed by atoms with E-state index in [0.717, 1.165) is 18.5 Å². The number of rotatable bonds is 6. The lowest BCUT2D eigenvalue weighted by molar-refractivity contribution is -0.117. The molecule has 3 nitrogen and oxygen atoms in total. The first-order valence-corrected chi connectivity index (χ1v) is 7.03. The second kappa shape index (κ2) is 6.71. The number of carbonyl (C=O) groups excluding carboxylic acids is 1. The van der Waals surface area contributed by atoms with Crippen molar-refractivity contribution in [3.63, 3.8) is 0 Å². The summed E-state index contributed by atoms with van der Waals surface area (Å²) in [4.78, 5) is 12.2. The maximum Gasteiger partial charge on any atom is 0.226 e. The third-order valence-electron chi connectivity index (χ3n) is 3.54. The molecule has 0 radical (unpaired) electrons. The van der Waals surface area contributed by atoms with Gasteiger partial charge < -0.3 is 10.6 Å². The molecule has 0 aliphatic carbocycles. The molecule has 1 rings (SSSR count). The molecule has 0 bridgehead atoms. The molecule has 0 atom stereocenters. The Morgan fingerprint density at radius 1 is 1.16 bits per heavy atom. The van der Waals surface area contributed by atoms with Gasteiger partial charge in [0.2, 0.25) is 5.91 Å². The number of benzene rings is 1. The molecule has 1 aromatic carbocycles. The van der Waals surface area contributed by atoms with Gasteiger partial charge in [0.1, 0.15) is 0 Å². The molecule has 0 spiro atoms. The van der Waals surface area contributed by atoms with Crippen LogP contribution < -0.4 is 10.6 Å². The van der Waals surface area contributed by atoms with Crippen LogP contribution in [0.3, 0.4) is 0 Å². The first-order valence-electron chi connectivity index (χ1n) is 7.03. The highest BCUT2D eigenvalue weighted by Crippen LogP contribution is 2.23. The molecule has 19 heavy (non-hydrogen) atoms. The van der Waals surface area contributed by atoms with E-state index in [4.69, 9.17) is 0 Å². The predicted octanol–water partition coefficient (Wildman–Crippen LogP) is 3.14. The monoisotopic (exact) mass is 262 g/mol. The van der Waals surface area contributed by atoms with E-state index in [1.807, 2.05) is 20.9 Å². The normalized spacial score (nSPS) is 11.4. The highest BCUT2D eigenvalue weighted by atomic mass is 16.1. The number of nitrogens with one attached hydrogen (secondary N) is 2. The van der Waals surface area contributed by atoms with Crippen molar-refractivity contribution in [2.45, 2.75) is 52.5 Å². The lowest BCUT2D eigenvalue weighted by atomic mass is 9.99. The number of carbonyl (C=O) groups is 1. The number of anilines is 1. The molecule has 2 N–H and O–H groups in total. The molecule has 0 saturated heterocycles. The van der Waals surface area contributed by atoms with Crippen molar-refractivity contribution in [1.29, 1.82) is 0 Å². The Morgan fingerprint density at radius 2 is 1.68 bits per heavy atom. The van der Waals surface area contributed by atoms with E-state index in [1.165, 1.54) is 11.1 Å². The standard InChI is InChI=1S/C16H26N2O/c1-6-12-9-8-10-13(7-2)15(12)18-14(19)11-16(3,4)17-5/h8-10,17H,6-7,11H2,1-5H3,(H,18,19). The fourth-order valence-electron chi connectivity index (χ4n) is 2.08. The van der Waals surface area contributed by atoms with Gasteiger partial charge in [-0.25, -0.2) is 0 Å². The summed E-state index contributed by atoms with van der Waals surface area (Å²) in [5.74, 6) is 0.0648. The second-order valence-electron chi connectivity index (χ2n) is 5.52. The van der Waals surface area contributed by atoms with Gasteiger partial charge in [0.05, 0.1) is 0 Å². The van der Waals surface area contributed by atoms with Crippen molar-refractivity contribution < 1.29 is 4.79 Å². The lowest BCUT2D eigenvalue weighted by Crippen LogP contribution is -2.39. The van der Waals surface area contributed by atoms with Gasteiger partial charge in [-0.2, -0.15) is 0 Å². The minimum Gasteiger partial charge on any atom is -0.326 e. The van der Waals surface area contributed by atoms with Crippen LogP contribution in [0.5, 0.6) is 0 Å². The van der Waals surface area contributed by atoms with Crippen LogP contribution in [0, 0.1) is 0 Å². The van der Waals surface area contributed by atoms with Crippen molar-refractivity contribution >= 4 is 11.6 Å². The number of hydrogen-bond acceptors (Lipinski definition) is 2. The predicted molar refractivity (Wildman–Crippen MR) is 81.6 cm³/mol. The summed E-state index contributed by atoms with van der Waals surface area (Å²) in [5, 5.41) is 6.25. The first kappa shape index (κ1) is 15.7. The highest BCUT2D eigenvalue weighted by Gasteiger charge is 2.20. The number of aryl methyl sites for hydroxylation is 2. The maximum absolute atomic E-state index is 12.2. The lowest BCUT2D eigenvalue weighted by Gasteiger charge is -2.24. The largest absolute Gasteiger partial charge is 0.326 e. The Kier molecular flexibility index (Phi) is 5.55. The van der Waals surface area contributed by atoms with Crippen molar-refractivity contribution in [2.24, 2.45) is 0 Å². The summed E-state index contributed by atoms with van der Waals surface area (Å²) in [7, 11) is 1.88. The fourth-order valence-corrected chi connectivity index (χ4v) is 2.08. The number of amides is 1. The van der Waals surface area contributed by atoms with Gasteiger partial charge in [-0.15, -0.1) is 0 Å². The summed E-state index contributed by atoms with van der Waals surface area (Å²) in [6.45, 7) is 8.28. The summed E-state index contributed by atoms with van der Waals surface area (Å²) in [6.07, 6.45) is 2.32. The quantitative estimate of drug-likeness (QED) is 0.827. The Morgan fingerprint density at radius 3 is 2.11 bits per heavy atom. The number of hydrogen-bond donors (Lipinski definition) is 2. The minimum absolute atomic E-state index is 0.0648. The zero-order valence-corrected chi connectivity index (χ0v) is 12.8. The van der Waals surface area contributed by atoms with Gasteiger partial charge in [0, 0.05) is 17.6 Å². The summed E-state index contributed by atoms with van der Waals surface area (Å²) in [5.41, 5.74) is 3.23. The third kappa shape index (κ3) is 4.35. The van der Waals surface area contributed by atoms with E-state index in [0.29, 0.717) is 6.42 Å². The van der Waals surface area contributed by atoms with Crippen LogP contribution in [-0.2, 0) is 17.6 Å². The fraction of sp³-hybridized carbons (Fsp3) is 0.562. The Hall–Kier alpha value is -1.35. The zero-order valence-electron chi connectivity index (χ0n) is 12.8. The third-order valence-corrected chi connectivity index (χ3v) is 3.54. The van der Waals surface area contributed by atoms with Gasteiger partial charge in [-0.05, 0) is 44.9 Å². The van der Waals surface area contributed by atoms with Crippen molar-refractivity contribution in [3.8, 4) is 0 Å². The van der Waals surface area contributed by atoms with Crippen LogP contribution in [0.15, 0.2) is 18.2 Å². The van der Waals surface area contributed by atoms with Crippen molar-refractivity contribution in [1.82, 2.24) is 5.32 Å². The smallest absolute Gasteiger partial charge is 0.226 e. The molecule has 106 valence electrons.